The summed E-state index contributed by atoms with van der Waals surface area (Å²) >= 11 is 0. The minimum absolute atomic E-state index is 0.300. The Morgan fingerprint density at radius 3 is 2.81 bits per heavy atom. The Hall–Kier alpha value is -1.80. The number of hydrogen-bond donors (Lipinski definition) is 1. The Balaban J connectivity index is 1.73. The lowest BCUT2D eigenvalue weighted by Crippen LogP contribution is -2.23. The van der Waals surface area contributed by atoms with Gasteiger partial charge in [0.2, 0.25) is 0 Å². The maximum absolute atomic E-state index is 6.16. The molecule has 2 atom stereocenters. The van der Waals surface area contributed by atoms with Crippen LogP contribution in [-0.4, -0.2) is 13.7 Å². The number of nitrogens with one attached hydrogen (secondary N) is 1. The quantitative estimate of drug-likeness (QED) is 0.894. The van der Waals surface area contributed by atoms with Crippen LogP contribution in [0.2, 0.25) is 0 Å². The van der Waals surface area contributed by atoms with Crippen LogP contribution in [0.3, 0.4) is 0 Å². The Morgan fingerprint density at radius 1 is 1.24 bits per heavy atom. The van der Waals surface area contributed by atoms with Crippen molar-refractivity contribution < 1.29 is 4.74 Å². The fraction of sp³-hybridized carbons (Fsp3) is 0.368. The first-order valence-electron chi connectivity index (χ1n) is 7.67. The average Bonchev–Trinajstić information content (AvgIpc) is 2.47. The molecule has 2 nitrogen and oxygen atoms in total. The molecule has 21 heavy (non-hydrogen) atoms. The lowest BCUT2D eigenvalue weighted by atomic mass is 9.78. The number of fused-ring (bicyclic) bond motifs is 1. The van der Waals surface area contributed by atoms with E-state index in [0.717, 1.165) is 18.8 Å². The molecule has 1 aliphatic carbocycles. The van der Waals surface area contributed by atoms with Gasteiger partial charge >= 0.3 is 0 Å². The highest BCUT2D eigenvalue weighted by molar-refractivity contribution is 5.42. The second-order valence-corrected chi connectivity index (χ2v) is 5.96. The third-order valence-electron chi connectivity index (χ3n) is 4.47. The fourth-order valence-electron chi connectivity index (χ4n) is 2.98. The molecule has 0 aromatic heterocycles. The molecule has 110 valence electrons. The van der Waals surface area contributed by atoms with Gasteiger partial charge in [-0.1, -0.05) is 36.4 Å². The van der Waals surface area contributed by atoms with Crippen LogP contribution in [-0.2, 0) is 6.42 Å². The van der Waals surface area contributed by atoms with Crippen LogP contribution >= 0.6 is 0 Å². The van der Waals surface area contributed by atoms with Crippen LogP contribution in [0.4, 0.5) is 0 Å². The van der Waals surface area contributed by atoms with Crippen molar-refractivity contribution in [3.63, 3.8) is 0 Å². The summed E-state index contributed by atoms with van der Waals surface area (Å²) in [5.41, 5.74) is 5.40. The summed E-state index contributed by atoms with van der Waals surface area (Å²) in [7, 11) is 1.98. The van der Waals surface area contributed by atoms with Gasteiger partial charge in [0.1, 0.15) is 5.75 Å². The van der Waals surface area contributed by atoms with Crippen LogP contribution in [0.15, 0.2) is 42.5 Å². The third kappa shape index (κ3) is 2.81. The summed E-state index contributed by atoms with van der Waals surface area (Å²) < 4.78 is 6.16. The zero-order valence-corrected chi connectivity index (χ0v) is 13.0. The molecule has 2 heteroatoms. The molecule has 1 aliphatic rings. The van der Waals surface area contributed by atoms with Gasteiger partial charge < -0.3 is 10.1 Å². The number of ether oxygens (including phenoxy) is 1. The van der Waals surface area contributed by atoms with Gasteiger partial charge in [0.15, 0.2) is 0 Å². The monoisotopic (exact) mass is 281 g/mol. The minimum Gasteiger partial charge on any atom is -0.493 e. The van der Waals surface area contributed by atoms with Crippen molar-refractivity contribution in [1.82, 2.24) is 5.32 Å². The second-order valence-electron chi connectivity index (χ2n) is 5.96. The smallest absolute Gasteiger partial charge is 0.124 e. The van der Waals surface area contributed by atoms with E-state index in [2.05, 4.69) is 61.6 Å². The second kappa shape index (κ2) is 5.90. The van der Waals surface area contributed by atoms with Gasteiger partial charge in [-0.15, -0.1) is 0 Å². The van der Waals surface area contributed by atoms with E-state index >= 15 is 0 Å². The lowest BCUT2D eigenvalue weighted by molar-refractivity contribution is 0.271. The first kappa shape index (κ1) is 14.2. The highest BCUT2D eigenvalue weighted by atomic mass is 16.5. The van der Waals surface area contributed by atoms with Gasteiger partial charge in [0.25, 0.3) is 0 Å². The van der Waals surface area contributed by atoms with Crippen molar-refractivity contribution in [2.24, 2.45) is 0 Å². The van der Waals surface area contributed by atoms with Gasteiger partial charge in [0, 0.05) is 17.5 Å². The number of hydrogen-bond acceptors (Lipinski definition) is 2. The zero-order chi connectivity index (χ0) is 14.8. The first-order chi connectivity index (χ1) is 10.2. The molecule has 1 N–H and O–H groups in total. The maximum Gasteiger partial charge on any atom is 0.124 e. The summed E-state index contributed by atoms with van der Waals surface area (Å²) in [5, 5.41) is 3.29. The van der Waals surface area contributed by atoms with Crippen LogP contribution in [0, 0.1) is 6.92 Å². The molecule has 0 radical (unpaired) electrons. The largest absolute Gasteiger partial charge is 0.493 e. The molecular weight excluding hydrogens is 258 g/mol. The Labute approximate surface area is 127 Å². The van der Waals surface area contributed by atoms with Crippen molar-refractivity contribution >= 4 is 0 Å². The Bertz CT molecular complexity index is 635. The summed E-state index contributed by atoms with van der Waals surface area (Å²) in [6, 6.07) is 15.4. The highest BCUT2D eigenvalue weighted by Gasteiger charge is 2.26. The summed E-state index contributed by atoms with van der Waals surface area (Å²) in [5.74, 6) is 1.56. The van der Waals surface area contributed by atoms with E-state index in [1.165, 1.54) is 22.3 Å². The average molecular weight is 281 g/mol. The van der Waals surface area contributed by atoms with Crippen molar-refractivity contribution in [3.05, 3.63) is 64.7 Å². The van der Waals surface area contributed by atoms with Crippen LogP contribution in [0.1, 0.15) is 41.1 Å². The van der Waals surface area contributed by atoms with Crippen LogP contribution < -0.4 is 10.1 Å². The number of aryl methyl sites for hydroxylation is 1. The Morgan fingerprint density at radius 2 is 2.05 bits per heavy atom. The molecule has 2 aromatic rings. The molecule has 0 aliphatic heterocycles. The molecule has 2 unspecified atom stereocenters. The van der Waals surface area contributed by atoms with E-state index in [-0.39, 0.29) is 0 Å². The molecule has 0 amide bonds. The molecule has 0 bridgehead atoms. The lowest BCUT2D eigenvalue weighted by Gasteiger charge is -2.30. The van der Waals surface area contributed by atoms with Crippen molar-refractivity contribution in [1.29, 1.82) is 0 Å². The number of rotatable bonds is 5. The predicted octanol–water partition coefficient (Wildman–Crippen LogP) is 3.99. The standard InChI is InChI=1S/C19H23NO/c1-13-8-9-17(14(2)20-3)19(10-13)21-12-16-11-15-6-4-5-7-18(15)16/h4-10,14,16,20H,11-12H2,1-3H3. The number of benzene rings is 2. The van der Waals surface area contributed by atoms with E-state index in [0.29, 0.717) is 12.0 Å². The molecule has 3 rings (SSSR count). The highest BCUT2D eigenvalue weighted by Crippen LogP contribution is 2.36. The molecule has 2 aromatic carbocycles. The molecular formula is C19H23NO. The van der Waals surface area contributed by atoms with Crippen LogP contribution in [0.5, 0.6) is 5.75 Å². The summed E-state index contributed by atoms with van der Waals surface area (Å²) in [4.78, 5) is 0. The van der Waals surface area contributed by atoms with E-state index in [1.807, 2.05) is 7.05 Å². The van der Waals surface area contributed by atoms with Gasteiger partial charge in [-0.2, -0.15) is 0 Å². The minimum atomic E-state index is 0.300. The zero-order valence-electron chi connectivity index (χ0n) is 13.0. The topological polar surface area (TPSA) is 21.3 Å². The van der Waals surface area contributed by atoms with E-state index in [4.69, 9.17) is 4.74 Å². The third-order valence-corrected chi connectivity index (χ3v) is 4.47. The molecule has 0 fully saturated rings. The molecule has 0 spiro atoms. The Kier molecular flexibility index (Phi) is 3.98. The normalized spacial score (nSPS) is 17.8. The van der Waals surface area contributed by atoms with Gasteiger partial charge in [0.05, 0.1) is 6.61 Å². The van der Waals surface area contributed by atoms with Gasteiger partial charge in [-0.25, -0.2) is 0 Å². The van der Waals surface area contributed by atoms with E-state index in [1.54, 1.807) is 0 Å². The van der Waals surface area contributed by atoms with Crippen molar-refractivity contribution in [2.75, 3.05) is 13.7 Å². The van der Waals surface area contributed by atoms with Gasteiger partial charge in [-0.05, 0) is 50.1 Å². The first-order valence-corrected chi connectivity index (χ1v) is 7.67. The molecule has 0 saturated heterocycles. The molecule has 0 saturated carbocycles. The summed E-state index contributed by atoms with van der Waals surface area (Å²) in [6.45, 7) is 5.04. The fourth-order valence-corrected chi connectivity index (χ4v) is 2.98. The molecule has 0 heterocycles. The van der Waals surface area contributed by atoms with Crippen molar-refractivity contribution in [2.45, 2.75) is 32.2 Å². The predicted molar refractivity (Wildman–Crippen MR) is 87.0 cm³/mol. The van der Waals surface area contributed by atoms with Crippen LogP contribution in [0.25, 0.3) is 0 Å². The van der Waals surface area contributed by atoms with Crippen molar-refractivity contribution in [3.8, 4) is 5.75 Å². The maximum atomic E-state index is 6.16. The SMILES string of the molecule is CNC(C)c1ccc(C)cc1OCC1Cc2ccccc21. The van der Waals surface area contributed by atoms with Gasteiger partial charge in [-0.3, -0.25) is 0 Å². The van der Waals surface area contributed by atoms with E-state index in [9.17, 15) is 0 Å². The van der Waals surface area contributed by atoms with E-state index < -0.39 is 0 Å². The summed E-state index contributed by atoms with van der Waals surface area (Å²) in [6.07, 6.45) is 1.14.